The largest absolute Gasteiger partial charge is 0.316 e. The van der Waals surface area contributed by atoms with E-state index in [1.807, 2.05) is 60.7 Å². The van der Waals surface area contributed by atoms with E-state index in [-0.39, 0.29) is 0 Å². The zero-order valence-electron chi connectivity index (χ0n) is 18.2. The van der Waals surface area contributed by atoms with Crippen LogP contribution < -0.4 is 10.6 Å². The Morgan fingerprint density at radius 1 is 0.903 bits per heavy atom. The number of piperidine rings is 2. The third kappa shape index (κ3) is 6.40. The minimum Gasteiger partial charge on any atom is -0.316 e. The lowest BCUT2D eigenvalue weighted by molar-refractivity contribution is 0.495. The predicted molar refractivity (Wildman–Crippen MR) is 128 cm³/mol. The van der Waals surface area contributed by atoms with Gasteiger partial charge in [-0.15, -0.1) is 0 Å². The molecule has 2 aliphatic heterocycles. The highest BCUT2D eigenvalue weighted by Crippen LogP contribution is 2.26. The monoisotopic (exact) mass is 410 g/mol. The first kappa shape index (κ1) is 22.5. The van der Waals surface area contributed by atoms with Crippen molar-refractivity contribution < 1.29 is 0 Å². The van der Waals surface area contributed by atoms with Crippen LogP contribution in [0.25, 0.3) is 16.1 Å². The Kier molecular flexibility index (Phi) is 8.61. The highest BCUT2D eigenvalue weighted by atomic mass is 14.9. The minimum absolute atomic E-state index is 0.482. The van der Waals surface area contributed by atoms with Gasteiger partial charge in [-0.05, 0) is 68.9 Å². The van der Waals surface area contributed by atoms with Crippen LogP contribution in [0.5, 0.6) is 0 Å². The van der Waals surface area contributed by atoms with Crippen LogP contribution in [0.1, 0.15) is 43.7 Å². The average Bonchev–Trinajstić information content (AvgIpc) is 2.83. The molecule has 2 aromatic rings. The van der Waals surface area contributed by atoms with Gasteiger partial charge in [0.2, 0.25) is 0 Å². The van der Waals surface area contributed by atoms with E-state index < -0.39 is 0 Å². The van der Waals surface area contributed by atoms with Gasteiger partial charge in [-0.2, -0.15) is 5.26 Å². The van der Waals surface area contributed by atoms with Crippen molar-refractivity contribution in [1.29, 1.82) is 5.26 Å². The predicted octanol–water partition coefficient (Wildman–Crippen LogP) is 5.44. The Morgan fingerprint density at radius 3 is 2.03 bits per heavy atom. The molecule has 0 bridgehead atoms. The van der Waals surface area contributed by atoms with E-state index in [2.05, 4.69) is 28.5 Å². The number of hydrogen-bond donors (Lipinski definition) is 2. The topological polar surface area (TPSA) is 52.2 Å². The van der Waals surface area contributed by atoms with Gasteiger partial charge in [0.15, 0.2) is 5.70 Å². The molecule has 2 aliphatic rings. The summed E-state index contributed by atoms with van der Waals surface area (Å²) in [6.07, 6.45) is 3.99. The lowest BCUT2D eigenvalue weighted by Gasteiger charge is -2.23. The van der Waals surface area contributed by atoms with E-state index in [1.165, 1.54) is 11.1 Å². The zero-order valence-corrected chi connectivity index (χ0v) is 18.2. The molecule has 31 heavy (non-hydrogen) atoms. The molecule has 4 nitrogen and oxygen atoms in total. The van der Waals surface area contributed by atoms with Gasteiger partial charge in [-0.1, -0.05) is 66.2 Å². The van der Waals surface area contributed by atoms with E-state index in [4.69, 9.17) is 6.57 Å². The smallest absolute Gasteiger partial charge is 0.193 e. The van der Waals surface area contributed by atoms with Crippen molar-refractivity contribution >= 4 is 11.3 Å². The maximum absolute atomic E-state index is 9.29. The zero-order chi connectivity index (χ0) is 21.9. The van der Waals surface area contributed by atoms with Crippen LogP contribution in [0.3, 0.4) is 0 Å². The normalized spacial score (nSPS) is 19.8. The average molecular weight is 411 g/mol. The second-order valence-electron chi connectivity index (χ2n) is 7.95. The summed E-state index contributed by atoms with van der Waals surface area (Å²) in [5, 5.41) is 16.0. The van der Waals surface area contributed by atoms with Crippen molar-refractivity contribution in [2.75, 3.05) is 19.6 Å². The van der Waals surface area contributed by atoms with Crippen molar-refractivity contribution in [3.8, 4) is 6.07 Å². The van der Waals surface area contributed by atoms with Crippen LogP contribution in [0.4, 0.5) is 0 Å². The molecule has 0 spiro atoms. The standard InChI is InChI=1S/C14H16N2.C13H14N2/c1-11-9-13(7-8-16-11)14(10-15)12-5-3-2-4-6-12;1-14-13(11-5-3-2-4-6-11)12-7-9-15-10-8-12/h2-6,11,16H,7-9H2,1H3;2-6,15H,7-10H2/b14-13-;. The van der Waals surface area contributed by atoms with Gasteiger partial charge in [-0.25, -0.2) is 4.85 Å². The molecule has 2 aromatic carbocycles. The number of benzene rings is 2. The fraction of sp³-hybridized carbons (Fsp3) is 0.333. The third-order valence-electron chi connectivity index (χ3n) is 5.70. The van der Waals surface area contributed by atoms with Gasteiger partial charge >= 0.3 is 0 Å². The lowest BCUT2D eigenvalue weighted by atomic mass is 9.92. The molecule has 2 fully saturated rings. The van der Waals surface area contributed by atoms with Crippen LogP contribution in [-0.2, 0) is 0 Å². The summed E-state index contributed by atoms with van der Waals surface area (Å²) in [5.74, 6) is 0. The van der Waals surface area contributed by atoms with E-state index >= 15 is 0 Å². The number of nitriles is 1. The van der Waals surface area contributed by atoms with Gasteiger partial charge in [0.1, 0.15) is 0 Å². The molecular weight excluding hydrogens is 380 g/mol. The first-order valence-electron chi connectivity index (χ1n) is 11.0. The second-order valence-corrected chi connectivity index (χ2v) is 7.95. The molecule has 0 aliphatic carbocycles. The van der Waals surface area contributed by atoms with Crippen molar-refractivity contribution in [3.05, 3.63) is 94.4 Å². The summed E-state index contributed by atoms with van der Waals surface area (Å²) in [6.45, 7) is 12.4. The fourth-order valence-corrected chi connectivity index (χ4v) is 4.10. The fourth-order valence-electron chi connectivity index (χ4n) is 4.10. The number of hydrogen-bond acceptors (Lipinski definition) is 3. The van der Waals surface area contributed by atoms with Crippen molar-refractivity contribution in [3.63, 3.8) is 0 Å². The Labute approximate surface area is 186 Å². The Hall–Kier alpha value is -3.18. The van der Waals surface area contributed by atoms with E-state index in [0.29, 0.717) is 6.04 Å². The van der Waals surface area contributed by atoms with Crippen LogP contribution in [0.15, 0.2) is 71.8 Å². The minimum atomic E-state index is 0.482. The molecule has 1 atom stereocenters. The molecular formula is C27H30N4. The van der Waals surface area contributed by atoms with Crippen molar-refractivity contribution in [1.82, 2.24) is 10.6 Å². The van der Waals surface area contributed by atoms with E-state index in [0.717, 1.165) is 67.7 Å². The second kappa shape index (κ2) is 11.9. The molecule has 4 rings (SSSR count). The first-order valence-corrected chi connectivity index (χ1v) is 11.0. The van der Waals surface area contributed by atoms with E-state index in [9.17, 15) is 5.26 Å². The Morgan fingerprint density at radius 2 is 1.48 bits per heavy atom. The molecule has 2 heterocycles. The van der Waals surface area contributed by atoms with Crippen LogP contribution >= 0.6 is 0 Å². The van der Waals surface area contributed by atoms with Gasteiger partial charge < -0.3 is 10.6 Å². The summed E-state index contributed by atoms with van der Waals surface area (Å²) in [7, 11) is 0. The third-order valence-corrected chi connectivity index (χ3v) is 5.70. The first-order chi connectivity index (χ1) is 15.2. The highest BCUT2D eigenvalue weighted by Gasteiger charge is 2.16. The summed E-state index contributed by atoms with van der Waals surface area (Å²) in [6, 6.07) is 22.8. The van der Waals surface area contributed by atoms with Gasteiger partial charge in [-0.3, -0.25) is 0 Å². The van der Waals surface area contributed by atoms with Gasteiger partial charge in [0.25, 0.3) is 0 Å². The van der Waals surface area contributed by atoms with Gasteiger partial charge in [0.05, 0.1) is 18.2 Å². The molecule has 1 unspecified atom stereocenters. The van der Waals surface area contributed by atoms with Gasteiger partial charge in [0, 0.05) is 6.04 Å². The number of allylic oxidation sites excluding steroid dienone is 1. The lowest BCUT2D eigenvalue weighted by Crippen LogP contribution is -2.32. The SMILES string of the molecule is CC1C/C(=C(/C#N)c2ccccc2)CCN1.[C-]#[N+]C(=C1CCNCC1)c1ccccc1. The number of nitrogens with one attached hydrogen (secondary N) is 2. The number of rotatable bonds is 2. The van der Waals surface area contributed by atoms with Crippen LogP contribution in [0, 0.1) is 17.9 Å². The van der Waals surface area contributed by atoms with Crippen molar-refractivity contribution in [2.24, 2.45) is 0 Å². The maximum atomic E-state index is 9.29. The molecule has 0 radical (unpaired) electrons. The van der Waals surface area contributed by atoms with Crippen LogP contribution in [-0.4, -0.2) is 25.7 Å². The van der Waals surface area contributed by atoms with Crippen molar-refractivity contribution in [2.45, 2.75) is 38.6 Å². The summed E-state index contributed by atoms with van der Waals surface area (Å²) < 4.78 is 0. The summed E-state index contributed by atoms with van der Waals surface area (Å²) in [4.78, 5) is 3.68. The summed E-state index contributed by atoms with van der Waals surface area (Å²) >= 11 is 0. The molecule has 2 N–H and O–H groups in total. The highest BCUT2D eigenvalue weighted by molar-refractivity contribution is 5.79. The van der Waals surface area contributed by atoms with Crippen LogP contribution in [0.2, 0.25) is 0 Å². The molecule has 4 heteroatoms. The molecule has 0 aromatic heterocycles. The molecule has 0 amide bonds. The molecule has 2 saturated heterocycles. The summed E-state index contributed by atoms with van der Waals surface area (Å²) in [5.41, 5.74) is 6.43. The van der Waals surface area contributed by atoms with E-state index in [1.54, 1.807) is 0 Å². The Balaban J connectivity index is 0.000000176. The Bertz CT molecular complexity index is 983. The molecule has 158 valence electrons. The molecule has 0 saturated carbocycles. The maximum Gasteiger partial charge on any atom is 0.193 e. The quantitative estimate of drug-likeness (QED) is 0.512. The number of nitrogens with zero attached hydrogens (tertiary/aromatic N) is 2.